The van der Waals surface area contributed by atoms with E-state index < -0.39 is 10.0 Å². The number of rotatable bonds is 2. The molecule has 2 N–H and O–H groups in total. The number of nitrogens with zero attached hydrogens (tertiary/aromatic N) is 2. The highest BCUT2D eigenvalue weighted by Crippen LogP contribution is 2.25. The number of aromatic nitrogens is 1. The number of hydrogen-bond donors (Lipinski definition) is 1. The van der Waals surface area contributed by atoms with Crippen molar-refractivity contribution in [2.24, 2.45) is 0 Å². The Hall–Kier alpha value is -0.660. The van der Waals surface area contributed by atoms with Crippen LogP contribution in [0.2, 0.25) is 0 Å². The van der Waals surface area contributed by atoms with Crippen LogP contribution < -0.4 is 5.73 Å². The van der Waals surface area contributed by atoms with Crippen LogP contribution in [-0.4, -0.2) is 36.0 Å². The van der Waals surface area contributed by atoms with E-state index >= 15 is 0 Å². The summed E-state index contributed by atoms with van der Waals surface area (Å²) in [6, 6.07) is 0. The van der Waals surface area contributed by atoms with E-state index in [9.17, 15) is 8.42 Å². The Morgan fingerprint density at radius 1 is 1.35 bits per heavy atom. The summed E-state index contributed by atoms with van der Waals surface area (Å²) >= 11 is 1.47. The molecule has 0 saturated heterocycles. The summed E-state index contributed by atoms with van der Waals surface area (Å²) in [5.74, 6) is 0. The van der Waals surface area contributed by atoms with Crippen LogP contribution in [0.4, 0.5) is 5.13 Å². The molecule has 1 aliphatic heterocycles. The molecule has 0 saturated carbocycles. The topological polar surface area (TPSA) is 76.3 Å². The maximum absolute atomic E-state index is 12.1. The summed E-state index contributed by atoms with van der Waals surface area (Å²) in [6.45, 7) is 4.48. The summed E-state index contributed by atoms with van der Waals surface area (Å²) in [6.07, 6.45) is 1.38. The van der Waals surface area contributed by atoms with E-state index in [4.69, 9.17) is 5.73 Å². The lowest BCUT2D eigenvalue weighted by molar-refractivity contribution is 0.421. The molecule has 0 atom stereocenters. The zero-order chi connectivity index (χ0) is 12.6. The Morgan fingerprint density at radius 2 is 2.00 bits per heavy atom. The van der Waals surface area contributed by atoms with Crippen molar-refractivity contribution in [1.29, 1.82) is 0 Å². The van der Waals surface area contributed by atoms with Crippen molar-refractivity contribution in [3.05, 3.63) is 10.6 Å². The first-order valence-electron chi connectivity index (χ1n) is 5.64. The van der Waals surface area contributed by atoms with Crippen LogP contribution in [-0.2, 0) is 22.9 Å². The van der Waals surface area contributed by atoms with E-state index in [0.29, 0.717) is 24.6 Å². The monoisotopic (exact) mass is 275 g/mol. The molecule has 0 spiro atoms. The van der Waals surface area contributed by atoms with Gasteiger partial charge in [0.2, 0.25) is 10.0 Å². The van der Waals surface area contributed by atoms with E-state index in [-0.39, 0.29) is 5.25 Å². The van der Waals surface area contributed by atoms with E-state index in [0.717, 1.165) is 17.0 Å². The van der Waals surface area contributed by atoms with Crippen LogP contribution in [0.15, 0.2) is 0 Å². The van der Waals surface area contributed by atoms with Gasteiger partial charge in [0, 0.05) is 24.4 Å². The number of thiazole rings is 1. The SMILES string of the molecule is CC(C)S(=O)(=O)N1CCc2nc(N)sc2CC1. The van der Waals surface area contributed by atoms with E-state index in [2.05, 4.69) is 4.98 Å². The Bertz CT molecular complexity index is 482. The summed E-state index contributed by atoms with van der Waals surface area (Å²) in [7, 11) is -3.15. The molecule has 0 fully saturated rings. The second kappa shape index (κ2) is 4.55. The van der Waals surface area contributed by atoms with Gasteiger partial charge in [-0.1, -0.05) is 0 Å². The van der Waals surface area contributed by atoms with Crippen LogP contribution >= 0.6 is 11.3 Å². The van der Waals surface area contributed by atoms with Gasteiger partial charge in [-0.15, -0.1) is 11.3 Å². The Balaban J connectivity index is 2.18. The molecular weight excluding hydrogens is 258 g/mol. The lowest BCUT2D eigenvalue weighted by Crippen LogP contribution is -2.38. The molecule has 7 heteroatoms. The molecule has 2 heterocycles. The van der Waals surface area contributed by atoms with Gasteiger partial charge in [0.25, 0.3) is 0 Å². The van der Waals surface area contributed by atoms with Crippen LogP contribution in [0.25, 0.3) is 0 Å². The highest BCUT2D eigenvalue weighted by Gasteiger charge is 2.28. The fraction of sp³-hybridized carbons (Fsp3) is 0.700. The van der Waals surface area contributed by atoms with Crippen molar-refractivity contribution in [2.45, 2.75) is 31.9 Å². The fourth-order valence-corrected chi connectivity index (χ4v) is 4.07. The van der Waals surface area contributed by atoms with Crippen molar-refractivity contribution in [1.82, 2.24) is 9.29 Å². The zero-order valence-corrected chi connectivity index (χ0v) is 11.6. The lowest BCUT2D eigenvalue weighted by Gasteiger charge is -2.22. The van der Waals surface area contributed by atoms with E-state index in [1.807, 2.05) is 0 Å². The summed E-state index contributed by atoms with van der Waals surface area (Å²) in [4.78, 5) is 5.38. The third kappa shape index (κ3) is 2.46. The minimum atomic E-state index is -3.15. The van der Waals surface area contributed by atoms with E-state index in [1.165, 1.54) is 11.3 Å². The molecule has 0 bridgehead atoms. The fourth-order valence-electron chi connectivity index (χ4n) is 1.92. The van der Waals surface area contributed by atoms with Crippen molar-refractivity contribution >= 4 is 26.5 Å². The first-order chi connectivity index (χ1) is 7.91. The van der Waals surface area contributed by atoms with Gasteiger partial charge in [0.15, 0.2) is 5.13 Å². The van der Waals surface area contributed by atoms with Crippen molar-refractivity contribution < 1.29 is 8.42 Å². The predicted molar refractivity (Wildman–Crippen MR) is 69.6 cm³/mol. The van der Waals surface area contributed by atoms with Gasteiger partial charge in [-0.25, -0.2) is 17.7 Å². The van der Waals surface area contributed by atoms with Crippen molar-refractivity contribution in [2.75, 3.05) is 18.8 Å². The zero-order valence-electron chi connectivity index (χ0n) is 10.0. The van der Waals surface area contributed by atoms with E-state index in [1.54, 1.807) is 18.2 Å². The minimum absolute atomic E-state index is 0.364. The number of hydrogen-bond acceptors (Lipinski definition) is 5. The molecule has 0 aliphatic carbocycles. The average molecular weight is 275 g/mol. The normalized spacial score (nSPS) is 18.1. The van der Waals surface area contributed by atoms with Gasteiger partial charge in [0.1, 0.15) is 0 Å². The first kappa shape index (κ1) is 12.8. The van der Waals surface area contributed by atoms with Gasteiger partial charge in [-0.05, 0) is 20.3 Å². The third-order valence-corrected chi connectivity index (χ3v) is 6.20. The number of sulfonamides is 1. The summed E-state index contributed by atoms with van der Waals surface area (Å²) < 4.78 is 25.7. The van der Waals surface area contributed by atoms with Crippen molar-refractivity contribution in [3.63, 3.8) is 0 Å². The molecule has 96 valence electrons. The number of nitrogen functional groups attached to an aromatic ring is 1. The molecule has 0 amide bonds. The summed E-state index contributed by atoms with van der Waals surface area (Å²) in [5.41, 5.74) is 6.62. The molecule has 0 aromatic carbocycles. The smallest absolute Gasteiger partial charge is 0.216 e. The number of fused-ring (bicyclic) bond motifs is 1. The van der Waals surface area contributed by atoms with Crippen LogP contribution in [0.3, 0.4) is 0 Å². The molecule has 1 aromatic heterocycles. The van der Waals surface area contributed by atoms with Gasteiger partial charge >= 0.3 is 0 Å². The molecule has 5 nitrogen and oxygen atoms in total. The largest absolute Gasteiger partial charge is 0.375 e. The molecule has 0 unspecified atom stereocenters. The second-order valence-electron chi connectivity index (χ2n) is 4.41. The average Bonchev–Trinajstić information content (AvgIpc) is 2.47. The van der Waals surface area contributed by atoms with Gasteiger partial charge in [-0.2, -0.15) is 0 Å². The number of anilines is 1. The van der Waals surface area contributed by atoms with Gasteiger partial charge in [-0.3, -0.25) is 0 Å². The van der Waals surface area contributed by atoms with Crippen molar-refractivity contribution in [3.8, 4) is 0 Å². The minimum Gasteiger partial charge on any atom is -0.375 e. The molecule has 1 aliphatic rings. The quantitative estimate of drug-likeness (QED) is 0.868. The highest BCUT2D eigenvalue weighted by atomic mass is 32.2. The Morgan fingerprint density at radius 3 is 2.65 bits per heavy atom. The van der Waals surface area contributed by atoms with Crippen LogP contribution in [0.1, 0.15) is 24.4 Å². The second-order valence-corrected chi connectivity index (χ2v) is 8.02. The Labute approximate surface area is 106 Å². The maximum atomic E-state index is 12.1. The highest BCUT2D eigenvalue weighted by molar-refractivity contribution is 7.89. The maximum Gasteiger partial charge on any atom is 0.216 e. The van der Waals surface area contributed by atoms with Gasteiger partial charge < -0.3 is 5.73 Å². The van der Waals surface area contributed by atoms with Crippen LogP contribution in [0, 0.1) is 0 Å². The van der Waals surface area contributed by atoms with Crippen LogP contribution in [0.5, 0.6) is 0 Å². The standard InChI is InChI=1S/C10H17N3O2S2/c1-7(2)17(14,15)13-5-3-8-9(4-6-13)16-10(11)12-8/h7H,3-6H2,1-2H3,(H2,11,12). The van der Waals surface area contributed by atoms with Gasteiger partial charge in [0.05, 0.1) is 10.9 Å². The first-order valence-corrected chi connectivity index (χ1v) is 7.96. The Kier molecular flexibility index (Phi) is 3.42. The molecule has 17 heavy (non-hydrogen) atoms. The molecular formula is C10H17N3O2S2. The number of nitrogens with two attached hydrogens (primary N) is 1. The summed E-state index contributed by atoms with van der Waals surface area (Å²) in [5, 5.41) is 0.215. The predicted octanol–water partition coefficient (Wildman–Crippen LogP) is 0.864. The third-order valence-electron chi connectivity index (χ3n) is 2.94. The molecule has 2 rings (SSSR count). The lowest BCUT2D eigenvalue weighted by atomic mass is 10.2. The molecule has 0 radical (unpaired) electrons. The molecule has 1 aromatic rings.